The fraction of sp³-hybridized carbons (Fsp3) is 0.0909. The summed E-state index contributed by atoms with van der Waals surface area (Å²) in [5.41, 5.74) is 3.97. The topological polar surface area (TPSA) is 42.3 Å². The van der Waals surface area contributed by atoms with Crippen LogP contribution in [0.5, 0.6) is 0 Å². The largest absolute Gasteiger partial charge is 0.321 e. The number of hydrogen-bond acceptors (Lipinski definition) is 3. The second kappa shape index (κ2) is 7.29. The van der Waals surface area contributed by atoms with Gasteiger partial charge in [0.15, 0.2) is 0 Å². The van der Waals surface area contributed by atoms with E-state index in [9.17, 15) is 9.59 Å². The SMILES string of the molecule is Cc1cc(/C=C2/SC(=O)N(Cc3ccccc3)C2=O)cn1-c1ccccc1. The van der Waals surface area contributed by atoms with Gasteiger partial charge >= 0.3 is 0 Å². The summed E-state index contributed by atoms with van der Waals surface area (Å²) in [6, 6.07) is 21.6. The van der Waals surface area contributed by atoms with Crippen LogP contribution in [0.1, 0.15) is 16.8 Å². The zero-order valence-corrected chi connectivity index (χ0v) is 15.6. The van der Waals surface area contributed by atoms with Gasteiger partial charge in [0, 0.05) is 17.6 Å². The van der Waals surface area contributed by atoms with Gasteiger partial charge in [0.05, 0.1) is 11.4 Å². The Morgan fingerprint density at radius 2 is 1.63 bits per heavy atom. The Labute approximate surface area is 162 Å². The zero-order chi connectivity index (χ0) is 18.8. The predicted molar refractivity (Wildman–Crippen MR) is 108 cm³/mol. The van der Waals surface area contributed by atoms with Gasteiger partial charge in [0.1, 0.15) is 0 Å². The van der Waals surface area contributed by atoms with Gasteiger partial charge in [-0.15, -0.1) is 0 Å². The van der Waals surface area contributed by atoms with E-state index in [-0.39, 0.29) is 11.1 Å². The number of para-hydroxylation sites is 1. The van der Waals surface area contributed by atoms with E-state index in [0.717, 1.165) is 34.3 Å². The summed E-state index contributed by atoms with van der Waals surface area (Å²) >= 11 is 0.996. The van der Waals surface area contributed by atoms with Crippen molar-refractivity contribution in [1.29, 1.82) is 0 Å². The van der Waals surface area contributed by atoms with Gasteiger partial charge in [-0.3, -0.25) is 14.5 Å². The highest BCUT2D eigenvalue weighted by Gasteiger charge is 2.35. The van der Waals surface area contributed by atoms with Gasteiger partial charge in [-0.05, 0) is 54.1 Å². The summed E-state index contributed by atoms with van der Waals surface area (Å²) in [5.74, 6) is -0.237. The molecule has 1 fully saturated rings. The third-order valence-corrected chi connectivity index (χ3v) is 5.33. The smallest absolute Gasteiger partial charge is 0.293 e. The van der Waals surface area contributed by atoms with Crippen LogP contribution in [0.3, 0.4) is 0 Å². The van der Waals surface area contributed by atoms with Crippen LogP contribution in [0.4, 0.5) is 4.79 Å². The molecule has 4 nitrogen and oxygen atoms in total. The molecule has 2 aromatic carbocycles. The van der Waals surface area contributed by atoms with Crippen molar-refractivity contribution in [1.82, 2.24) is 9.47 Å². The molecule has 0 spiro atoms. The number of benzene rings is 2. The molecular formula is C22H18N2O2S. The molecule has 0 radical (unpaired) electrons. The van der Waals surface area contributed by atoms with E-state index in [2.05, 4.69) is 4.57 Å². The highest BCUT2D eigenvalue weighted by Crippen LogP contribution is 2.33. The van der Waals surface area contributed by atoms with E-state index in [0.29, 0.717) is 11.4 Å². The van der Waals surface area contributed by atoms with Crippen molar-refractivity contribution in [3.05, 3.63) is 94.7 Å². The lowest BCUT2D eigenvalue weighted by Gasteiger charge is -2.11. The fourth-order valence-electron chi connectivity index (χ4n) is 3.10. The number of thioether (sulfide) groups is 1. The predicted octanol–water partition coefficient (Wildman–Crippen LogP) is 5.02. The molecule has 0 bridgehead atoms. The Morgan fingerprint density at radius 1 is 0.963 bits per heavy atom. The zero-order valence-electron chi connectivity index (χ0n) is 14.8. The average Bonchev–Trinajstić information content (AvgIpc) is 3.18. The minimum absolute atomic E-state index is 0.227. The summed E-state index contributed by atoms with van der Waals surface area (Å²) in [5, 5.41) is -0.227. The van der Waals surface area contributed by atoms with Gasteiger partial charge in [-0.1, -0.05) is 48.5 Å². The Bertz CT molecular complexity index is 1020. The molecule has 0 saturated carbocycles. The van der Waals surface area contributed by atoms with Gasteiger partial charge in [-0.25, -0.2) is 0 Å². The Kier molecular flexibility index (Phi) is 4.69. The third kappa shape index (κ3) is 3.59. The lowest BCUT2D eigenvalue weighted by molar-refractivity contribution is -0.123. The molecule has 1 saturated heterocycles. The molecule has 0 N–H and O–H groups in total. The Hall–Kier alpha value is -3.05. The summed E-state index contributed by atoms with van der Waals surface area (Å²) in [6.07, 6.45) is 3.78. The van der Waals surface area contributed by atoms with Crippen molar-refractivity contribution in [3.63, 3.8) is 0 Å². The second-order valence-corrected chi connectivity index (χ2v) is 7.37. The highest BCUT2D eigenvalue weighted by atomic mass is 32.2. The normalized spacial score (nSPS) is 15.7. The van der Waals surface area contributed by atoms with E-state index in [4.69, 9.17) is 0 Å². The van der Waals surface area contributed by atoms with Crippen molar-refractivity contribution in [2.75, 3.05) is 0 Å². The first-order chi connectivity index (χ1) is 13.1. The maximum absolute atomic E-state index is 12.7. The van der Waals surface area contributed by atoms with Crippen LogP contribution in [0.25, 0.3) is 11.8 Å². The van der Waals surface area contributed by atoms with Crippen molar-refractivity contribution < 1.29 is 9.59 Å². The fourth-order valence-corrected chi connectivity index (χ4v) is 3.94. The quantitative estimate of drug-likeness (QED) is 0.602. The number of hydrogen-bond donors (Lipinski definition) is 0. The average molecular weight is 374 g/mol. The maximum atomic E-state index is 12.7. The molecule has 5 heteroatoms. The minimum atomic E-state index is -0.237. The molecule has 2 amide bonds. The van der Waals surface area contributed by atoms with Gasteiger partial charge in [0.25, 0.3) is 11.1 Å². The molecule has 4 rings (SSSR count). The molecule has 0 aliphatic carbocycles. The van der Waals surface area contributed by atoms with Crippen LogP contribution in [0.15, 0.2) is 77.8 Å². The summed E-state index contributed by atoms with van der Waals surface area (Å²) in [7, 11) is 0. The summed E-state index contributed by atoms with van der Waals surface area (Å²) < 4.78 is 2.07. The minimum Gasteiger partial charge on any atom is -0.321 e. The van der Waals surface area contributed by atoms with E-state index in [1.54, 1.807) is 6.08 Å². The van der Waals surface area contributed by atoms with Crippen molar-refractivity contribution >= 4 is 29.0 Å². The summed E-state index contributed by atoms with van der Waals surface area (Å²) in [6.45, 7) is 2.32. The maximum Gasteiger partial charge on any atom is 0.293 e. The summed E-state index contributed by atoms with van der Waals surface area (Å²) in [4.78, 5) is 26.8. The third-order valence-electron chi connectivity index (χ3n) is 4.42. The molecule has 27 heavy (non-hydrogen) atoms. The van der Waals surface area contributed by atoms with Crippen LogP contribution in [0.2, 0.25) is 0 Å². The van der Waals surface area contributed by atoms with Crippen LogP contribution in [-0.4, -0.2) is 20.6 Å². The van der Waals surface area contributed by atoms with Crippen LogP contribution < -0.4 is 0 Å². The number of rotatable bonds is 4. The Balaban J connectivity index is 1.58. The molecule has 1 aliphatic heterocycles. The number of aromatic nitrogens is 1. The van der Waals surface area contributed by atoms with E-state index in [1.165, 1.54) is 4.90 Å². The molecular weight excluding hydrogens is 356 g/mol. The van der Waals surface area contributed by atoms with Gasteiger partial charge in [0.2, 0.25) is 0 Å². The number of nitrogens with zero attached hydrogens (tertiary/aromatic N) is 2. The molecule has 0 unspecified atom stereocenters. The molecule has 134 valence electrons. The number of carbonyl (C=O) groups excluding carboxylic acids is 2. The molecule has 1 aromatic heterocycles. The van der Waals surface area contributed by atoms with Crippen LogP contribution in [-0.2, 0) is 11.3 Å². The van der Waals surface area contributed by atoms with Gasteiger partial charge < -0.3 is 4.57 Å². The van der Waals surface area contributed by atoms with Crippen molar-refractivity contribution in [2.24, 2.45) is 0 Å². The number of carbonyl (C=O) groups is 2. The molecule has 2 heterocycles. The second-order valence-electron chi connectivity index (χ2n) is 6.37. The number of aryl methyl sites for hydroxylation is 1. The van der Waals surface area contributed by atoms with E-state index >= 15 is 0 Å². The first-order valence-electron chi connectivity index (χ1n) is 8.65. The highest BCUT2D eigenvalue weighted by molar-refractivity contribution is 8.18. The van der Waals surface area contributed by atoms with Crippen LogP contribution >= 0.6 is 11.8 Å². The number of imide groups is 1. The van der Waals surface area contributed by atoms with Gasteiger partial charge in [-0.2, -0.15) is 0 Å². The number of amides is 2. The lowest BCUT2D eigenvalue weighted by Crippen LogP contribution is -2.27. The first kappa shape index (κ1) is 17.4. The van der Waals surface area contributed by atoms with Crippen molar-refractivity contribution in [3.8, 4) is 5.69 Å². The molecule has 1 aliphatic rings. The van der Waals surface area contributed by atoms with E-state index < -0.39 is 0 Å². The standard InChI is InChI=1S/C22H18N2O2S/c1-16-12-18(15-23(16)19-10-6-3-7-11-19)13-20-21(25)24(22(26)27-20)14-17-8-4-2-5-9-17/h2-13,15H,14H2,1H3/b20-13+. The first-order valence-corrected chi connectivity index (χ1v) is 9.47. The molecule has 3 aromatic rings. The monoisotopic (exact) mass is 374 g/mol. The Morgan fingerprint density at radius 3 is 2.33 bits per heavy atom. The lowest BCUT2D eigenvalue weighted by atomic mass is 10.2. The van der Waals surface area contributed by atoms with Crippen LogP contribution in [0, 0.1) is 6.92 Å². The van der Waals surface area contributed by atoms with Crippen molar-refractivity contribution in [2.45, 2.75) is 13.5 Å². The van der Waals surface area contributed by atoms with E-state index in [1.807, 2.05) is 79.9 Å². The molecule has 0 atom stereocenters.